The van der Waals surface area contributed by atoms with Gasteiger partial charge in [-0.1, -0.05) is 12.1 Å². The molecule has 0 saturated heterocycles. The quantitative estimate of drug-likeness (QED) is 0.823. The van der Waals surface area contributed by atoms with E-state index in [1.165, 1.54) is 19.1 Å². The van der Waals surface area contributed by atoms with Crippen LogP contribution in [0.3, 0.4) is 0 Å². The number of amides is 1. The Labute approximate surface area is 94.3 Å². The molecular formula is C12H16FNO2. The Morgan fingerprint density at radius 1 is 1.38 bits per heavy atom. The molecule has 0 spiro atoms. The fraction of sp³-hybridized carbons (Fsp3) is 0.417. The fourth-order valence-corrected chi connectivity index (χ4v) is 1.53. The Morgan fingerprint density at radius 3 is 2.25 bits per heavy atom. The van der Waals surface area contributed by atoms with Crippen molar-refractivity contribution in [1.29, 1.82) is 0 Å². The van der Waals surface area contributed by atoms with Crippen LogP contribution < -0.4 is 5.32 Å². The third-order valence-electron chi connectivity index (χ3n) is 2.26. The van der Waals surface area contributed by atoms with Crippen LogP contribution in [0.1, 0.15) is 32.4 Å². The van der Waals surface area contributed by atoms with E-state index in [1.807, 2.05) is 0 Å². The molecule has 0 saturated carbocycles. The first kappa shape index (κ1) is 12.6. The molecule has 4 heteroatoms. The molecule has 0 heterocycles. The Balaban J connectivity index is 3.01. The number of halogens is 1. The maximum Gasteiger partial charge on any atom is 0.217 e. The Hall–Kier alpha value is -1.42. The van der Waals surface area contributed by atoms with Crippen molar-refractivity contribution < 1.29 is 14.3 Å². The Morgan fingerprint density at radius 2 is 1.88 bits per heavy atom. The minimum Gasteiger partial charge on any atom is -0.388 e. The summed E-state index contributed by atoms with van der Waals surface area (Å²) in [5, 5.41) is 12.6. The van der Waals surface area contributed by atoms with Crippen LogP contribution in [0.4, 0.5) is 4.39 Å². The molecule has 0 unspecified atom stereocenters. The maximum atomic E-state index is 12.8. The number of benzene rings is 1. The lowest BCUT2D eigenvalue weighted by Crippen LogP contribution is -2.41. The van der Waals surface area contributed by atoms with Gasteiger partial charge in [0.2, 0.25) is 5.91 Å². The zero-order valence-electron chi connectivity index (χ0n) is 9.62. The molecular weight excluding hydrogens is 209 g/mol. The third kappa shape index (κ3) is 3.31. The van der Waals surface area contributed by atoms with E-state index in [4.69, 9.17) is 0 Å². The first-order chi connectivity index (χ1) is 7.30. The summed E-state index contributed by atoms with van der Waals surface area (Å²) in [6, 6.07) is 5.15. The molecule has 0 aliphatic carbocycles. The Bertz CT molecular complexity index is 368. The highest BCUT2D eigenvalue weighted by Crippen LogP contribution is 2.25. The number of carbonyl (C=O) groups excluding carboxylic acids is 1. The topological polar surface area (TPSA) is 49.3 Å². The van der Waals surface area contributed by atoms with Gasteiger partial charge in [0.15, 0.2) is 0 Å². The van der Waals surface area contributed by atoms with E-state index in [9.17, 15) is 14.3 Å². The molecule has 88 valence electrons. The largest absolute Gasteiger partial charge is 0.388 e. The second kappa shape index (κ2) is 4.61. The predicted octanol–water partition coefficient (Wildman–Crippen LogP) is 1.77. The average Bonchev–Trinajstić information content (AvgIpc) is 2.14. The Kier molecular flexibility index (Phi) is 3.65. The van der Waals surface area contributed by atoms with E-state index < -0.39 is 11.6 Å². The van der Waals surface area contributed by atoms with Crippen LogP contribution >= 0.6 is 0 Å². The van der Waals surface area contributed by atoms with Gasteiger partial charge in [-0.3, -0.25) is 4.79 Å². The standard InChI is InChI=1S/C12H16FNO2/c1-8(15)14-11(12(2,3)16)9-4-6-10(13)7-5-9/h4-7,11,16H,1-3H3,(H,14,15)/t11-/m1/s1. The fourth-order valence-electron chi connectivity index (χ4n) is 1.53. The number of carbonyl (C=O) groups is 1. The highest BCUT2D eigenvalue weighted by atomic mass is 19.1. The summed E-state index contributed by atoms with van der Waals surface area (Å²) >= 11 is 0. The van der Waals surface area contributed by atoms with Crippen LogP contribution in [0, 0.1) is 5.82 Å². The molecule has 0 bridgehead atoms. The van der Waals surface area contributed by atoms with E-state index in [0.717, 1.165) is 0 Å². The SMILES string of the molecule is CC(=O)N[C@H](c1ccc(F)cc1)C(C)(C)O. The van der Waals surface area contributed by atoms with Gasteiger partial charge in [-0.15, -0.1) is 0 Å². The molecule has 0 fully saturated rings. The maximum absolute atomic E-state index is 12.8. The summed E-state index contributed by atoms with van der Waals surface area (Å²) in [6.45, 7) is 4.57. The van der Waals surface area contributed by atoms with Crippen molar-refractivity contribution in [2.45, 2.75) is 32.4 Å². The number of hydrogen-bond acceptors (Lipinski definition) is 2. The molecule has 0 aliphatic heterocycles. The molecule has 1 aromatic carbocycles. The lowest BCUT2D eigenvalue weighted by atomic mass is 9.92. The second-order valence-electron chi connectivity index (χ2n) is 4.34. The van der Waals surface area contributed by atoms with Crippen LogP contribution in [0.2, 0.25) is 0 Å². The first-order valence-electron chi connectivity index (χ1n) is 5.05. The van der Waals surface area contributed by atoms with Gasteiger partial charge >= 0.3 is 0 Å². The van der Waals surface area contributed by atoms with Crippen molar-refractivity contribution in [2.24, 2.45) is 0 Å². The van der Waals surface area contributed by atoms with Crippen LogP contribution in [0.25, 0.3) is 0 Å². The molecule has 1 atom stereocenters. The second-order valence-corrected chi connectivity index (χ2v) is 4.34. The summed E-state index contributed by atoms with van der Waals surface area (Å²) in [5.41, 5.74) is -0.437. The molecule has 2 N–H and O–H groups in total. The van der Waals surface area contributed by atoms with Gasteiger partial charge in [0, 0.05) is 6.92 Å². The highest BCUT2D eigenvalue weighted by molar-refractivity contribution is 5.73. The van der Waals surface area contributed by atoms with Gasteiger partial charge in [0.05, 0.1) is 11.6 Å². The summed E-state index contributed by atoms with van der Waals surface area (Å²) in [5.74, 6) is -0.586. The molecule has 0 aromatic heterocycles. The zero-order valence-corrected chi connectivity index (χ0v) is 9.62. The van der Waals surface area contributed by atoms with Crippen molar-refractivity contribution in [1.82, 2.24) is 5.32 Å². The van der Waals surface area contributed by atoms with Gasteiger partial charge in [0.1, 0.15) is 5.82 Å². The van der Waals surface area contributed by atoms with Crippen LogP contribution in [0.5, 0.6) is 0 Å². The van der Waals surface area contributed by atoms with Crippen molar-refractivity contribution >= 4 is 5.91 Å². The monoisotopic (exact) mass is 225 g/mol. The van der Waals surface area contributed by atoms with Crippen molar-refractivity contribution in [3.63, 3.8) is 0 Å². The van der Waals surface area contributed by atoms with Gasteiger partial charge in [-0.2, -0.15) is 0 Å². The molecule has 1 rings (SSSR count). The number of rotatable bonds is 3. The predicted molar refractivity (Wildman–Crippen MR) is 59.3 cm³/mol. The molecule has 3 nitrogen and oxygen atoms in total. The minimum atomic E-state index is -1.11. The molecule has 0 aliphatic rings. The average molecular weight is 225 g/mol. The summed E-state index contributed by atoms with van der Waals surface area (Å²) < 4.78 is 12.8. The van der Waals surface area contributed by atoms with E-state index in [2.05, 4.69) is 5.32 Å². The van der Waals surface area contributed by atoms with E-state index >= 15 is 0 Å². The first-order valence-corrected chi connectivity index (χ1v) is 5.05. The molecule has 0 radical (unpaired) electrons. The van der Waals surface area contributed by atoms with Crippen LogP contribution in [-0.2, 0) is 4.79 Å². The zero-order chi connectivity index (χ0) is 12.3. The summed E-state index contributed by atoms with van der Waals surface area (Å²) in [7, 11) is 0. The lowest BCUT2D eigenvalue weighted by Gasteiger charge is -2.30. The van der Waals surface area contributed by atoms with Crippen molar-refractivity contribution in [2.75, 3.05) is 0 Å². The summed E-state index contributed by atoms with van der Waals surface area (Å²) in [6.07, 6.45) is 0. The summed E-state index contributed by atoms with van der Waals surface area (Å²) in [4.78, 5) is 11.0. The smallest absolute Gasteiger partial charge is 0.217 e. The third-order valence-corrected chi connectivity index (χ3v) is 2.26. The lowest BCUT2D eigenvalue weighted by molar-refractivity contribution is -0.121. The van der Waals surface area contributed by atoms with Gasteiger partial charge in [-0.05, 0) is 31.5 Å². The number of nitrogens with one attached hydrogen (secondary N) is 1. The van der Waals surface area contributed by atoms with Crippen LogP contribution in [0.15, 0.2) is 24.3 Å². The van der Waals surface area contributed by atoms with Gasteiger partial charge < -0.3 is 10.4 Å². The normalized spacial score (nSPS) is 13.3. The van der Waals surface area contributed by atoms with E-state index in [0.29, 0.717) is 5.56 Å². The minimum absolute atomic E-state index is 0.239. The van der Waals surface area contributed by atoms with E-state index in [1.54, 1.807) is 26.0 Å². The molecule has 16 heavy (non-hydrogen) atoms. The van der Waals surface area contributed by atoms with E-state index in [-0.39, 0.29) is 11.7 Å². The number of hydrogen-bond donors (Lipinski definition) is 2. The van der Waals surface area contributed by atoms with Crippen molar-refractivity contribution in [3.8, 4) is 0 Å². The molecule has 1 amide bonds. The van der Waals surface area contributed by atoms with Crippen LogP contribution in [-0.4, -0.2) is 16.6 Å². The van der Waals surface area contributed by atoms with Crippen molar-refractivity contribution in [3.05, 3.63) is 35.6 Å². The van der Waals surface area contributed by atoms with Gasteiger partial charge in [0.25, 0.3) is 0 Å². The number of aliphatic hydroxyl groups is 1. The highest BCUT2D eigenvalue weighted by Gasteiger charge is 2.28. The molecule has 1 aromatic rings. The van der Waals surface area contributed by atoms with Gasteiger partial charge in [-0.25, -0.2) is 4.39 Å².